The molecule has 0 aromatic carbocycles. The number of rotatable bonds is 36. The Labute approximate surface area is 360 Å². The third-order valence-electron chi connectivity index (χ3n) is 11.0. The van der Waals surface area contributed by atoms with E-state index in [1.54, 1.807) is 12.2 Å². The molecule has 60 heavy (non-hydrogen) atoms. The topological polar surface area (TPSA) is 185 Å². The van der Waals surface area contributed by atoms with E-state index < -0.39 is 38.6 Å². The summed E-state index contributed by atoms with van der Waals surface area (Å²) < 4.78 is 39.1. The van der Waals surface area contributed by atoms with Crippen LogP contribution in [0.4, 0.5) is 0 Å². The van der Waals surface area contributed by atoms with Gasteiger partial charge in [-0.05, 0) is 81.9 Å². The SMILES string of the molecule is CCCCCc1oc(CCCCCCCCCCC(=O)OC[C@H](COP(=O)(O)OCCN)OC(=O)CCC/C=C\C[C@H]2C=CC(=O)[C@@H]2/C=C/[C@@H](O)CCCCC)c(C)c1C. The maximum absolute atomic E-state index is 12.7. The Morgan fingerprint density at radius 3 is 2.12 bits per heavy atom. The summed E-state index contributed by atoms with van der Waals surface area (Å²) in [6.45, 7) is 7.68. The van der Waals surface area contributed by atoms with Gasteiger partial charge < -0.3 is 29.6 Å². The Morgan fingerprint density at radius 2 is 1.45 bits per heavy atom. The van der Waals surface area contributed by atoms with Gasteiger partial charge in [-0.15, -0.1) is 0 Å². The molecule has 4 N–H and O–H groups in total. The fourth-order valence-electron chi connectivity index (χ4n) is 7.16. The summed E-state index contributed by atoms with van der Waals surface area (Å²) in [4.78, 5) is 47.6. The molecule has 1 aliphatic rings. The van der Waals surface area contributed by atoms with E-state index in [1.807, 2.05) is 24.3 Å². The van der Waals surface area contributed by atoms with E-state index in [1.165, 1.54) is 43.2 Å². The molecule has 1 aromatic heterocycles. The van der Waals surface area contributed by atoms with Crippen molar-refractivity contribution >= 4 is 25.5 Å². The van der Waals surface area contributed by atoms with E-state index in [0.717, 1.165) is 75.7 Å². The van der Waals surface area contributed by atoms with Gasteiger partial charge in [0.1, 0.15) is 18.1 Å². The van der Waals surface area contributed by atoms with Gasteiger partial charge in [0.05, 0.1) is 19.3 Å². The van der Waals surface area contributed by atoms with E-state index >= 15 is 0 Å². The molecule has 0 saturated carbocycles. The number of phosphoric ester groups is 1. The average molecular weight is 864 g/mol. The number of furan rings is 1. The fraction of sp³-hybridized carbons (Fsp3) is 0.723. The lowest BCUT2D eigenvalue weighted by Gasteiger charge is -2.19. The molecule has 342 valence electrons. The van der Waals surface area contributed by atoms with Crippen molar-refractivity contribution < 1.29 is 51.9 Å². The number of aliphatic hydroxyl groups is 1. The van der Waals surface area contributed by atoms with E-state index in [2.05, 4.69) is 27.7 Å². The second kappa shape index (κ2) is 31.9. The standard InChI is InChI=1S/C47H78NO11P/c1-5-7-17-24-40(49)30-31-42-39(29-32-43(42)50)23-19-15-16-22-28-47(52)58-41(36-57-60(53,54)56-34-33-48)35-55-46(51)27-21-14-12-10-9-11-13-20-26-45-38(4)37(3)44(59-45)25-18-8-6-2/h15,19,29-32,39-42,49H,5-14,16-18,20-28,33-36,48H2,1-4H3,(H,53,54)/b19-15-,31-30+/t39-,40-,41+,42+/m0/s1. The van der Waals surface area contributed by atoms with Crippen molar-refractivity contribution in [3.8, 4) is 0 Å². The second-order valence-corrected chi connectivity index (χ2v) is 17.6. The molecule has 0 bridgehead atoms. The Kier molecular flexibility index (Phi) is 28.3. The molecular formula is C47H78NO11P. The zero-order valence-electron chi connectivity index (χ0n) is 37.3. The van der Waals surface area contributed by atoms with Crippen LogP contribution >= 0.6 is 7.82 Å². The van der Waals surface area contributed by atoms with Crippen LogP contribution in [0.25, 0.3) is 0 Å². The van der Waals surface area contributed by atoms with Gasteiger partial charge >= 0.3 is 19.8 Å². The highest BCUT2D eigenvalue weighted by molar-refractivity contribution is 7.47. The van der Waals surface area contributed by atoms with Gasteiger partial charge in [-0.2, -0.15) is 0 Å². The number of nitrogens with two attached hydrogens (primary N) is 1. The van der Waals surface area contributed by atoms with Crippen molar-refractivity contribution in [2.24, 2.45) is 17.6 Å². The smallest absolute Gasteiger partial charge is 0.466 e. The summed E-state index contributed by atoms with van der Waals surface area (Å²) in [5.41, 5.74) is 7.99. The maximum atomic E-state index is 12.7. The third kappa shape index (κ3) is 23.4. The van der Waals surface area contributed by atoms with Crippen molar-refractivity contribution in [1.82, 2.24) is 0 Å². The summed E-state index contributed by atoms with van der Waals surface area (Å²) in [6.07, 6.45) is 29.2. The summed E-state index contributed by atoms with van der Waals surface area (Å²) in [5.74, 6) is 1.07. The minimum Gasteiger partial charge on any atom is -0.466 e. The molecular weight excluding hydrogens is 785 g/mol. The summed E-state index contributed by atoms with van der Waals surface area (Å²) in [6, 6.07) is 0. The lowest BCUT2D eigenvalue weighted by atomic mass is 9.90. The van der Waals surface area contributed by atoms with Crippen LogP contribution in [0.2, 0.25) is 0 Å². The zero-order chi connectivity index (χ0) is 44.0. The lowest BCUT2D eigenvalue weighted by Crippen LogP contribution is -2.29. The summed E-state index contributed by atoms with van der Waals surface area (Å²) in [7, 11) is -4.45. The van der Waals surface area contributed by atoms with Crippen LogP contribution in [-0.2, 0) is 50.3 Å². The fourth-order valence-corrected chi connectivity index (χ4v) is 7.92. The first-order valence-electron chi connectivity index (χ1n) is 22.9. The first kappa shape index (κ1) is 53.3. The number of unbranched alkanes of at least 4 members (excludes halogenated alkanes) is 12. The van der Waals surface area contributed by atoms with Crippen LogP contribution < -0.4 is 5.73 Å². The molecule has 1 heterocycles. The van der Waals surface area contributed by atoms with Crippen molar-refractivity contribution in [3.63, 3.8) is 0 Å². The van der Waals surface area contributed by atoms with Gasteiger partial charge in [0.25, 0.3) is 0 Å². The molecule has 0 radical (unpaired) electrons. The van der Waals surface area contributed by atoms with Gasteiger partial charge in [0, 0.05) is 38.1 Å². The Hall–Kier alpha value is -2.86. The normalized spacial score (nSPS) is 17.5. The minimum atomic E-state index is -4.45. The first-order chi connectivity index (χ1) is 28.9. The van der Waals surface area contributed by atoms with Crippen molar-refractivity contribution in [2.45, 2.75) is 181 Å². The molecule has 0 fully saturated rings. The molecule has 1 aliphatic carbocycles. The van der Waals surface area contributed by atoms with Crippen molar-refractivity contribution in [3.05, 3.63) is 59.1 Å². The van der Waals surface area contributed by atoms with E-state index in [-0.39, 0.29) is 50.2 Å². The van der Waals surface area contributed by atoms with Crippen LogP contribution in [0.1, 0.15) is 165 Å². The van der Waals surface area contributed by atoms with E-state index in [0.29, 0.717) is 32.1 Å². The lowest BCUT2D eigenvalue weighted by molar-refractivity contribution is -0.161. The molecule has 1 unspecified atom stereocenters. The number of aliphatic hydroxyl groups excluding tert-OH is 1. The molecule has 5 atom stereocenters. The molecule has 2 rings (SSSR count). The Morgan fingerprint density at radius 1 is 0.833 bits per heavy atom. The van der Waals surface area contributed by atoms with Gasteiger partial charge in [-0.3, -0.25) is 23.4 Å². The Bertz CT molecular complexity index is 1500. The average Bonchev–Trinajstić information content (AvgIpc) is 3.71. The van der Waals surface area contributed by atoms with Crippen LogP contribution in [0, 0.1) is 25.7 Å². The molecule has 1 aromatic rings. The zero-order valence-corrected chi connectivity index (χ0v) is 38.1. The summed E-state index contributed by atoms with van der Waals surface area (Å²) >= 11 is 0. The van der Waals surface area contributed by atoms with E-state index in [4.69, 9.17) is 28.7 Å². The number of phosphoric acid groups is 1. The number of ether oxygens (including phenoxy) is 2. The number of hydrogen-bond donors (Lipinski definition) is 3. The number of aryl methyl sites for hydroxylation is 2. The quantitative estimate of drug-likeness (QED) is 0.0251. The minimum absolute atomic E-state index is 0.0134. The number of esters is 2. The number of ketones is 1. The number of carbonyl (C=O) groups is 3. The van der Waals surface area contributed by atoms with Crippen LogP contribution in [0.5, 0.6) is 0 Å². The van der Waals surface area contributed by atoms with Gasteiger partial charge in [-0.25, -0.2) is 4.57 Å². The molecule has 0 saturated heterocycles. The largest absolute Gasteiger partial charge is 0.472 e. The number of allylic oxidation sites excluding steroid dienone is 5. The van der Waals surface area contributed by atoms with Gasteiger partial charge in [-0.1, -0.05) is 115 Å². The van der Waals surface area contributed by atoms with Gasteiger partial charge in [0.2, 0.25) is 0 Å². The predicted octanol–water partition coefficient (Wildman–Crippen LogP) is 10.2. The molecule has 13 heteroatoms. The summed E-state index contributed by atoms with van der Waals surface area (Å²) in [5, 5.41) is 10.2. The second-order valence-electron chi connectivity index (χ2n) is 16.2. The maximum Gasteiger partial charge on any atom is 0.472 e. The van der Waals surface area contributed by atoms with Crippen LogP contribution in [0.3, 0.4) is 0 Å². The Balaban J connectivity index is 1.67. The third-order valence-corrected chi connectivity index (χ3v) is 12.0. The first-order valence-corrected chi connectivity index (χ1v) is 24.4. The molecule has 0 amide bonds. The van der Waals surface area contributed by atoms with Crippen molar-refractivity contribution in [1.29, 1.82) is 0 Å². The predicted molar refractivity (Wildman–Crippen MR) is 236 cm³/mol. The highest BCUT2D eigenvalue weighted by Crippen LogP contribution is 2.43. The van der Waals surface area contributed by atoms with E-state index in [9.17, 15) is 28.9 Å². The monoisotopic (exact) mass is 864 g/mol. The molecule has 0 spiro atoms. The highest BCUT2D eigenvalue weighted by atomic mass is 31.2. The highest BCUT2D eigenvalue weighted by Gasteiger charge is 2.28. The molecule has 0 aliphatic heterocycles. The van der Waals surface area contributed by atoms with Crippen molar-refractivity contribution in [2.75, 3.05) is 26.4 Å². The number of hydrogen-bond acceptors (Lipinski definition) is 11. The van der Waals surface area contributed by atoms with Crippen LogP contribution in [-0.4, -0.2) is 66.3 Å². The van der Waals surface area contributed by atoms with Crippen LogP contribution in [0.15, 0.2) is 40.9 Å². The molecule has 12 nitrogen and oxygen atoms in total. The number of carbonyl (C=O) groups excluding carboxylic acids is 3. The van der Waals surface area contributed by atoms with Gasteiger partial charge in [0.15, 0.2) is 11.9 Å².